The monoisotopic (exact) mass is 160 g/mol. The first-order valence-corrected chi connectivity index (χ1v) is 4.13. The number of rotatable bonds is 6. The Labute approximate surface area is 69.5 Å². The predicted octanol–water partition coefficient (Wildman–Crippen LogP) is 0.302. The Hall–Kier alpha value is -0.120. The maximum Gasteiger partial charge on any atom is 0.0669 e. The third-order valence-electron chi connectivity index (χ3n) is 1.48. The van der Waals surface area contributed by atoms with Crippen molar-refractivity contribution in [2.45, 2.75) is 19.4 Å². The van der Waals surface area contributed by atoms with Gasteiger partial charge in [-0.1, -0.05) is 0 Å². The first-order chi connectivity index (χ1) is 5.16. The molecule has 0 rings (SSSR count). The van der Waals surface area contributed by atoms with Crippen LogP contribution in [-0.4, -0.2) is 44.8 Å². The summed E-state index contributed by atoms with van der Waals surface area (Å²) in [6.45, 7) is 4.51. The molecule has 11 heavy (non-hydrogen) atoms. The third kappa shape index (κ3) is 7.78. The molecule has 1 unspecified atom stereocenters. The van der Waals surface area contributed by atoms with Crippen LogP contribution in [-0.2, 0) is 4.74 Å². The van der Waals surface area contributed by atoms with E-state index in [1.807, 2.05) is 6.92 Å². The SMILES string of the molecule is CC(CN)OCCCN(C)C. The maximum atomic E-state index is 5.39. The highest BCUT2D eigenvalue weighted by Gasteiger charge is 1.97. The lowest BCUT2D eigenvalue weighted by Crippen LogP contribution is -2.22. The second-order valence-electron chi connectivity index (χ2n) is 3.07. The fourth-order valence-electron chi connectivity index (χ4n) is 0.733. The largest absolute Gasteiger partial charge is 0.377 e. The van der Waals surface area contributed by atoms with Crippen molar-refractivity contribution in [2.75, 3.05) is 33.8 Å². The molecule has 68 valence electrons. The van der Waals surface area contributed by atoms with Crippen molar-refractivity contribution in [1.82, 2.24) is 4.90 Å². The van der Waals surface area contributed by atoms with E-state index in [1.54, 1.807) is 0 Å². The van der Waals surface area contributed by atoms with Gasteiger partial charge < -0.3 is 15.4 Å². The van der Waals surface area contributed by atoms with Gasteiger partial charge in [-0.05, 0) is 34.0 Å². The van der Waals surface area contributed by atoms with Crippen LogP contribution in [0.25, 0.3) is 0 Å². The minimum absolute atomic E-state index is 0.206. The Kier molecular flexibility index (Phi) is 6.51. The molecule has 0 saturated heterocycles. The van der Waals surface area contributed by atoms with Gasteiger partial charge >= 0.3 is 0 Å². The van der Waals surface area contributed by atoms with Crippen molar-refractivity contribution in [2.24, 2.45) is 5.73 Å². The van der Waals surface area contributed by atoms with Gasteiger partial charge in [0.25, 0.3) is 0 Å². The lowest BCUT2D eigenvalue weighted by atomic mass is 10.4. The van der Waals surface area contributed by atoms with Crippen LogP contribution in [0.3, 0.4) is 0 Å². The van der Waals surface area contributed by atoms with E-state index in [2.05, 4.69) is 19.0 Å². The van der Waals surface area contributed by atoms with E-state index in [0.717, 1.165) is 19.6 Å². The molecule has 0 aliphatic heterocycles. The van der Waals surface area contributed by atoms with Crippen molar-refractivity contribution in [3.05, 3.63) is 0 Å². The first kappa shape index (κ1) is 10.9. The smallest absolute Gasteiger partial charge is 0.0669 e. The highest BCUT2D eigenvalue weighted by Crippen LogP contribution is 1.90. The van der Waals surface area contributed by atoms with Gasteiger partial charge in [-0.3, -0.25) is 0 Å². The molecule has 3 heteroatoms. The number of hydrogen-bond acceptors (Lipinski definition) is 3. The Morgan fingerprint density at radius 2 is 2.09 bits per heavy atom. The Bertz CT molecular complexity index is 86.2. The molecule has 3 nitrogen and oxygen atoms in total. The molecule has 0 heterocycles. The van der Waals surface area contributed by atoms with Gasteiger partial charge in [-0.2, -0.15) is 0 Å². The molecule has 0 fully saturated rings. The van der Waals surface area contributed by atoms with Crippen molar-refractivity contribution in [1.29, 1.82) is 0 Å². The zero-order valence-electron chi connectivity index (χ0n) is 7.84. The molecule has 0 spiro atoms. The molecule has 1 atom stereocenters. The topological polar surface area (TPSA) is 38.5 Å². The maximum absolute atomic E-state index is 5.39. The molecule has 2 N–H and O–H groups in total. The van der Waals surface area contributed by atoms with Crippen LogP contribution in [0.2, 0.25) is 0 Å². The van der Waals surface area contributed by atoms with Crippen LogP contribution >= 0.6 is 0 Å². The quantitative estimate of drug-likeness (QED) is 0.568. The Morgan fingerprint density at radius 3 is 2.55 bits per heavy atom. The van der Waals surface area contributed by atoms with E-state index in [1.165, 1.54) is 0 Å². The van der Waals surface area contributed by atoms with Crippen LogP contribution in [0.4, 0.5) is 0 Å². The van der Waals surface area contributed by atoms with Crippen LogP contribution in [0.15, 0.2) is 0 Å². The van der Waals surface area contributed by atoms with E-state index in [-0.39, 0.29) is 6.10 Å². The summed E-state index contributed by atoms with van der Waals surface area (Å²) in [6, 6.07) is 0. The van der Waals surface area contributed by atoms with Gasteiger partial charge in [-0.15, -0.1) is 0 Å². The molecule has 0 saturated carbocycles. The summed E-state index contributed by atoms with van der Waals surface area (Å²) < 4.78 is 5.39. The van der Waals surface area contributed by atoms with Crippen LogP contribution in [0.5, 0.6) is 0 Å². The highest BCUT2D eigenvalue weighted by atomic mass is 16.5. The number of nitrogens with zero attached hydrogens (tertiary/aromatic N) is 1. The molecular weight excluding hydrogens is 140 g/mol. The van der Waals surface area contributed by atoms with Gasteiger partial charge in [0.05, 0.1) is 6.10 Å². The number of ether oxygens (including phenoxy) is 1. The fraction of sp³-hybridized carbons (Fsp3) is 1.00. The number of nitrogens with two attached hydrogens (primary N) is 1. The van der Waals surface area contributed by atoms with E-state index >= 15 is 0 Å². The molecular formula is C8H20N2O. The zero-order chi connectivity index (χ0) is 8.69. The minimum Gasteiger partial charge on any atom is -0.377 e. The van der Waals surface area contributed by atoms with Crippen LogP contribution in [0, 0.1) is 0 Å². The summed E-state index contributed by atoms with van der Waals surface area (Å²) in [5.41, 5.74) is 5.38. The second kappa shape index (κ2) is 6.58. The van der Waals surface area contributed by atoms with Crippen molar-refractivity contribution in [3.63, 3.8) is 0 Å². The molecule has 0 aromatic heterocycles. The van der Waals surface area contributed by atoms with E-state index < -0.39 is 0 Å². The van der Waals surface area contributed by atoms with Crippen LogP contribution in [0.1, 0.15) is 13.3 Å². The molecule has 0 amide bonds. The zero-order valence-corrected chi connectivity index (χ0v) is 7.84. The minimum atomic E-state index is 0.206. The van der Waals surface area contributed by atoms with Crippen molar-refractivity contribution < 1.29 is 4.74 Å². The number of hydrogen-bond donors (Lipinski definition) is 1. The van der Waals surface area contributed by atoms with Gasteiger partial charge in [0.15, 0.2) is 0 Å². The summed E-state index contributed by atoms with van der Waals surface area (Å²) in [7, 11) is 4.12. The van der Waals surface area contributed by atoms with E-state index in [4.69, 9.17) is 10.5 Å². The molecule has 0 radical (unpaired) electrons. The molecule has 0 bridgehead atoms. The lowest BCUT2D eigenvalue weighted by molar-refractivity contribution is 0.0667. The van der Waals surface area contributed by atoms with E-state index in [0.29, 0.717) is 6.54 Å². The van der Waals surface area contributed by atoms with Crippen molar-refractivity contribution >= 4 is 0 Å². The third-order valence-corrected chi connectivity index (χ3v) is 1.48. The second-order valence-corrected chi connectivity index (χ2v) is 3.07. The first-order valence-electron chi connectivity index (χ1n) is 4.13. The van der Waals surface area contributed by atoms with Crippen LogP contribution < -0.4 is 5.73 Å². The molecule has 0 aliphatic carbocycles. The van der Waals surface area contributed by atoms with Crippen molar-refractivity contribution in [3.8, 4) is 0 Å². The lowest BCUT2D eigenvalue weighted by Gasteiger charge is -2.12. The van der Waals surface area contributed by atoms with Gasteiger partial charge in [0.2, 0.25) is 0 Å². The molecule has 0 aromatic rings. The fourth-order valence-corrected chi connectivity index (χ4v) is 0.733. The average Bonchev–Trinajstić information content (AvgIpc) is 1.97. The highest BCUT2D eigenvalue weighted by molar-refractivity contribution is 4.49. The summed E-state index contributed by atoms with van der Waals surface area (Å²) in [6.07, 6.45) is 1.29. The molecule has 0 aliphatic rings. The Balaban J connectivity index is 3.01. The van der Waals surface area contributed by atoms with Gasteiger partial charge in [0.1, 0.15) is 0 Å². The van der Waals surface area contributed by atoms with Gasteiger partial charge in [0, 0.05) is 13.2 Å². The summed E-state index contributed by atoms with van der Waals surface area (Å²) >= 11 is 0. The normalized spacial score (nSPS) is 13.9. The predicted molar refractivity (Wildman–Crippen MR) is 47.6 cm³/mol. The molecule has 0 aromatic carbocycles. The average molecular weight is 160 g/mol. The van der Waals surface area contributed by atoms with E-state index in [9.17, 15) is 0 Å². The standard InChI is InChI=1S/C8H20N2O/c1-8(7-9)11-6-4-5-10(2)3/h8H,4-7,9H2,1-3H3. The summed E-state index contributed by atoms with van der Waals surface area (Å²) in [5, 5.41) is 0. The summed E-state index contributed by atoms with van der Waals surface area (Å²) in [5.74, 6) is 0. The van der Waals surface area contributed by atoms with Gasteiger partial charge in [-0.25, -0.2) is 0 Å². The Morgan fingerprint density at radius 1 is 1.45 bits per heavy atom. The summed E-state index contributed by atoms with van der Waals surface area (Å²) in [4.78, 5) is 2.15.